The molecule has 0 aliphatic carbocycles. The van der Waals surface area contributed by atoms with Crippen molar-refractivity contribution in [3.63, 3.8) is 0 Å². The predicted octanol–water partition coefficient (Wildman–Crippen LogP) is 4.34. The number of carboxylic acid groups (broad SMARTS) is 1. The quantitative estimate of drug-likeness (QED) is 0.0564. The molecule has 3 aromatic rings. The maximum Gasteiger partial charge on any atom is 0.442 e. The van der Waals surface area contributed by atoms with E-state index in [0.717, 1.165) is 36.4 Å². The smallest absolute Gasteiger partial charge is 0.442 e. The Morgan fingerprint density at radius 3 is 1.55 bits per heavy atom. The monoisotopic (exact) mass is 1160 g/mol. The molecule has 62 heavy (non-hydrogen) atoms. The van der Waals surface area contributed by atoms with Crippen LogP contribution in [0.1, 0.15) is 46.2 Å². The van der Waals surface area contributed by atoms with E-state index in [1.807, 2.05) is 0 Å². The number of carbonyl (C=O) groups is 4. The van der Waals surface area contributed by atoms with Crippen LogP contribution in [-0.2, 0) is 85.8 Å². The van der Waals surface area contributed by atoms with E-state index in [9.17, 15) is 64.1 Å². The van der Waals surface area contributed by atoms with Crippen molar-refractivity contribution >= 4 is 54.8 Å². The molecule has 0 bridgehead atoms. The third-order valence-electron chi connectivity index (χ3n) is 9.08. The van der Waals surface area contributed by atoms with Gasteiger partial charge in [-0.25, -0.2) is 0 Å². The zero-order chi connectivity index (χ0) is 45.9. The molecule has 0 fully saturated rings. The molecule has 17 nitrogen and oxygen atoms in total. The Kier molecular flexibility index (Phi) is 16.8. The van der Waals surface area contributed by atoms with Crippen molar-refractivity contribution < 1.29 is 105 Å². The summed E-state index contributed by atoms with van der Waals surface area (Å²) in [7, 11) is -11.9. The normalized spacial score (nSPS) is 15.4. The van der Waals surface area contributed by atoms with Crippen molar-refractivity contribution in [2.24, 2.45) is 16.0 Å². The van der Waals surface area contributed by atoms with Crippen molar-refractivity contribution in [2.75, 3.05) is 0 Å². The number of alkyl halides is 7. The van der Waals surface area contributed by atoms with Crippen LogP contribution < -0.4 is 21.7 Å². The zero-order valence-electron chi connectivity index (χ0n) is 31.1. The van der Waals surface area contributed by atoms with E-state index in [2.05, 4.69) is 42.1 Å². The van der Waals surface area contributed by atoms with Crippen LogP contribution in [0.3, 0.4) is 0 Å². The number of carboxylic acids is 1. The van der Waals surface area contributed by atoms with E-state index < -0.39 is 117 Å². The van der Waals surface area contributed by atoms with Crippen molar-refractivity contribution in [2.45, 2.75) is 73.5 Å². The molecule has 0 saturated heterocycles. The van der Waals surface area contributed by atoms with Crippen molar-refractivity contribution in [3.05, 3.63) is 105 Å². The number of halogens is 8. The van der Waals surface area contributed by atoms with E-state index in [1.54, 1.807) is 0 Å². The second-order valence-corrected chi connectivity index (χ2v) is 17.8. The number of nitrogens with zero attached hydrogens (tertiary/aromatic N) is 2. The first-order valence-corrected chi connectivity index (χ1v) is 21.2. The number of carbonyl (C=O) groups excluding carboxylic acids is 3. The molecule has 1 aliphatic rings. The second kappa shape index (κ2) is 19.9. The van der Waals surface area contributed by atoms with Crippen LogP contribution in [-0.4, -0.2) is 72.7 Å². The molecule has 1 heterocycles. The van der Waals surface area contributed by atoms with E-state index in [0.29, 0.717) is 24.3 Å². The molecular weight excluding hydrogens is 1130 g/mol. The number of primary amides is 1. The Labute approximate surface area is 368 Å². The first kappa shape index (κ1) is 52.4. The van der Waals surface area contributed by atoms with Gasteiger partial charge in [0.15, 0.2) is 0 Å². The van der Waals surface area contributed by atoms with Gasteiger partial charge in [-0.3, -0.25) is 28.3 Å². The van der Waals surface area contributed by atoms with Crippen molar-refractivity contribution in [1.29, 1.82) is 0 Å². The van der Waals surface area contributed by atoms with Crippen LogP contribution in [0.2, 0.25) is 0 Å². The zero-order valence-corrected chi connectivity index (χ0v) is 37.4. The molecular formula is C34H34BrF7N6O11P2W. The third kappa shape index (κ3) is 12.6. The SMILES string of the molecule is NC(=O)[C@H](Cc1ccc(C(F)(F)P(=O)(O)O)cc1)NC(=O)[C@H](Cc1ccc(C(F)(F)P(=O)(O)O)cc1)NC(=O)[C@H](CCC(=O)O)NCc1cc(Br)cc(C2(C(F)(F)F)N=N2)c1.[W]. The van der Waals surface area contributed by atoms with Gasteiger partial charge >= 0.3 is 44.3 Å². The number of nitrogens with one attached hydrogen (secondary N) is 3. The van der Waals surface area contributed by atoms with Gasteiger partial charge in [-0.15, -0.1) is 10.2 Å². The first-order chi connectivity index (χ1) is 28.0. The van der Waals surface area contributed by atoms with Crippen LogP contribution in [0, 0.1) is 0 Å². The molecule has 0 radical (unpaired) electrons. The molecule has 3 atom stereocenters. The molecule has 3 amide bonds. The summed E-state index contributed by atoms with van der Waals surface area (Å²) in [6.45, 7) is -0.368. The standard InChI is InChI=1S/C34H34BrF7N6O11P2.W/c35-23-12-19(11-22(15-23)31(47-48-31)34(40,41)42)16-44-24(9-10-27(49)50)29(52)46-26(14-18-3-7-21(8-4-18)33(38,39)61(57,58)59)30(53)45-25(28(43)51)13-17-1-5-20(6-2-17)32(36,37)60(54,55)56;/h1-8,11-12,15,24-26,44H,9-10,13-14,16H2,(H2,43,51)(H,45,53)(H,46,52)(H,49,50)(H2,54,55,56)(H2,57,58,59);/t24-,25-,26-;/m0./s1. The first-order valence-electron chi connectivity index (χ1n) is 17.2. The molecule has 338 valence electrons. The number of hydrogen-bond acceptors (Lipinski definition) is 9. The Bertz CT molecular complexity index is 2280. The minimum absolute atomic E-state index is 0. The maximum atomic E-state index is 14.3. The summed E-state index contributed by atoms with van der Waals surface area (Å²) < 4.78 is 121. The summed E-state index contributed by atoms with van der Waals surface area (Å²) in [5.41, 5.74) is -8.95. The summed E-state index contributed by atoms with van der Waals surface area (Å²) in [4.78, 5) is 87.8. The van der Waals surface area contributed by atoms with Crippen LogP contribution in [0.5, 0.6) is 0 Å². The summed E-state index contributed by atoms with van der Waals surface area (Å²) >= 11 is 3.11. The summed E-state index contributed by atoms with van der Waals surface area (Å²) in [6, 6.07) is 5.00. The van der Waals surface area contributed by atoms with Crippen LogP contribution >= 0.6 is 31.1 Å². The van der Waals surface area contributed by atoms with Gasteiger partial charge in [0, 0.05) is 68.0 Å². The van der Waals surface area contributed by atoms with Gasteiger partial charge in [0.2, 0.25) is 17.7 Å². The summed E-state index contributed by atoms with van der Waals surface area (Å²) in [5.74, 6) is -4.86. The van der Waals surface area contributed by atoms with Crippen LogP contribution in [0.25, 0.3) is 0 Å². The predicted molar refractivity (Wildman–Crippen MR) is 199 cm³/mol. The van der Waals surface area contributed by atoms with E-state index in [-0.39, 0.29) is 54.3 Å². The molecule has 0 saturated carbocycles. The number of benzene rings is 3. The number of aliphatic carboxylic acids is 1. The molecule has 10 N–H and O–H groups in total. The Morgan fingerprint density at radius 1 is 0.710 bits per heavy atom. The molecule has 1 aliphatic heterocycles. The average Bonchev–Trinajstić information content (AvgIpc) is 3.96. The minimum Gasteiger partial charge on any atom is -0.481 e. The Balaban J connectivity index is 0.0000102. The fourth-order valence-electron chi connectivity index (χ4n) is 5.70. The topological polar surface area (TPSA) is 290 Å². The number of hydrogen-bond donors (Lipinski definition) is 9. The third-order valence-corrected chi connectivity index (χ3v) is 11.5. The number of amides is 3. The van der Waals surface area contributed by atoms with Gasteiger partial charge in [0.25, 0.3) is 0 Å². The Morgan fingerprint density at radius 2 is 1.15 bits per heavy atom. The fourth-order valence-corrected chi connectivity index (χ4v) is 7.21. The fraction of sp³-hybridized carbons (Fsp3) is 0.353. The molecule has 28 heteroatoms. The molecule has 0 unspecified atom stereocenters. The average molecular weight is 1160 g/mol. The van der Waals surface area contributed by atoms with Gasteiger partial charge in [-0.05, 0) is 41.3 Å². The van der Waals surface area contributed by atoms with Crippen LogP contribution in [0.4, 0.5) is 30.7 Å². The van der Waals surface area contributed by atoms with Gasteiger partial charge in [0.1, 0.15) is 12.1 Å². The molecule has 4 rings (SSSR count). The van der Waals surface area contributed by atoms with Crippen molar-refractivity contribution in [1.82, 2.24) is 16.0 Å². The van der Waals surface area contributed by atoms with Crippen LogP contribution in [0.15, 0.2) is 81.4 Å². The summed E-state index contributed by atoms with van der Waals surface area (Å²) in [6.07, 6.45) is -7.12. The molecule has 0 aromatic heterocycles. The number of nitrogens with two attached hydrogens (primary N) is 1. The van der Waals surface area contributed by atoms with Gasteiger partial charge in [0.05, 0.1) is 6.04 Å². The molecule has 3 aromatic carbocycles. The van der Waals surface area contributed by atoms with Gasteiger partial charge < -0.3 is 46.4 Å². The Hall–Kier alpha value is -3.92. The van der Waals surface area contributed by atoms with Crippen molar-refractivity contribution in [3.8, 4) is 0 Å². The van der Waals surface area contributed by atoms with E-state index >= 15 is 0 Å². The molecule has 0 spiro atoms. The van der Waals surface area contributed by atoms with E-state index in [4.69, 9.17) is 25.3 Å². The number of rotatable bonds is 20. The van der Waals surface area contributed by atoms with E-state index in [1.165, 1.54) is 6.07 Å². The second-order valence-electron chi connectivity index (χ2n) is 13.6. The van der Waals surface area contributed by atoms with Gasteiger partial charge in [-0.1, -0.05) is 64.5 Å². The summed E-state index contributed by atoms with van der Waals surface area (Å²) in [5, 5.41) is 23.0. The van der Waals surface area contributed by atoms with Gasteiger partial charge in [-0.2, -0.15) is 30.7 Å². The maximum absolute atomic E-state index is 14.3. The minimum atomic E-state index is -5.99. The largest absolute Gasteiger partial charge is 0.481 e.